The van der Waals surface area contributed by atoms with E-state index in [1.807, 2.05) is 30.3 Å². The van der Waals surface area contributed by atoms with E-state index in [0.717, 1.165) is 31.2 Å². The van der Waals surface area contributed by atoms with Crippen LogP contribution in [0.2, 0.25) is 0 Å². The number of ether oxygens (including phenoxy) is 1. The minimum atomic E-state index is -0.664. The first-order valence-corrected chi connectivity index (χ1v) is 6.62. The van der Waals surface area contributed by atoms with Crippen LogP contribution < -0.4 is 0 Å². The van der Waals surface area contributed by atoms with E-state index in [9.17, 15) is 4.79 Å². The smallest absolute Gasteiger partial charge is 0.306 e. The zero-order valence-electron chi connectivity index (χ0n) is 10.5. The SMILES string of the molecule is O=C(O)C1CCCCC1COCc1ccccc1. The lowest BCUT2D eigenvalue weighted by Crippen LogP contribution is -2.30. The van der Waals surface area contributed by atoms with E-state index in [1.165, 1.54) is 0 Å². The van der Waals surface area contributed by atoms with Crippen LogP contribution in [0.1, 0.15) is 31.2 Å². The molecule has 1 aromatic carbocycles. The highest BCUT2D eigenvalue weighted by atomic mass is 16.5. The molecular weight excluding hydrogens is 228 g/mol. The zero-order valence-corrected chi connectivity index (χ0v) is 10.5. The van der Waals surface area contributed by atoms with E-state index < -0.39 is 5.97 Å². The molecule has 0 spiro atoms. The summed E-state index contributed by atoms with van der Waals surface area (Å²) in [7, 11) is 0. The molecule has 1 aromatic rings. The fraction of sp³-hybridized carbons (Fsp3) is 0.533. The van der Waals surface area contributed by atoms with Gasteiger partial charge in [0.25, 0.3) is 0 Å². The minimum Gasteiger partial charge on any atom is -0.481 e. The van der Waals surface area contributed by atoms with Crippen molar-refractivity contribution in [1.82, 2.24) is 0 Å². The maximum absolute atomic E-state index is 11.1. The molecule has 0 saturated heterocycles. The Morgan fingerprint density at radius 1 is 1.22 bits per heavy atom. The highest BCUT2D eigenvalue weighted by Gasteiger charge is 2.30. The molecule has 2 atom stereocenters. The maximum Gasteiger partial charge on any atom is 0.306 e. The van der Waals surface area contributed by atoms with Crippen LogP contribution in [-0.2, 0) is 16.1 Å². The van der Waals surface area contributed by atoms with E-state index in [0.29, 0.717) is 13.2 Å². The summed E-state index contributed by atoms with van der Waals surface area (Å²) in [5.41, 5.74) is 1.14. The molecule has 0 aliphatic heterocycles. The quantitative estimate of drug-likeness (QED) is 0.871. The molecule has 0 bridgehead atoms. The van der Waals surface area contributed by atoms with Crippen molar-refractivity contribution in [3.8, 4) is 0 Å². The van der Waals surface area contributed by atoms with Gasteiger partial charge in [-0.05, 0) is 24.3 Å². The lowest BCUT2D eigenvalue weighted by molar-refractivity contribution is -0.146. The summed E-state index contributed by atoms with van der Waals surface area (Å²) in [6.45, 7) is 1.13. The van der Waals surface area contributed by atoms with Gasteiger partial charge in [0.1, 0.15) is 0 Å². The monoisotopic (exact) mass is 248 g/mol. The van der Waals surface area contributed by atoms with E-state index in [1.54, 1.807) is 0 Å². The van der Waals surface area contributed by atoms with Gasteiger partial charge in [0.15, 0.2) is 0 Å². The third kappa shape index (κ3) is 3.57. The maximum atomic E-state index is 11.1. The number of carboxylic acids is 1. The van der Waals surface area contributed by atoms with Crippen LogP contribution in [0.5, 0.6) is 0 Å². The molecule has 1 N–H and O–H groups in total. The molecular formula is C15H20O3. The Balaban J connectivity index is 1.79. The number of hydrogen-bond acceptors (Lipinski definition) is 2. The Morgan fingerprint density at radius 2 is 1.94 bits per heavy atom. The minimum absolute atomic E-state index is 0.181. The first-order chi connectivity index (χ1) is 8.77. The van der Waals surface area contributed by atoms with Gasteiger partial charge in [0.2, 0.25) is 0 Å². The van der Waals surface area contributed by atoms with Crippen LogP contribution in [0.15, 0.2) is 30.3 Å². The average Bonchev–Trinajstić information content (AvgIpc) is 2.40. The van der Waals surface area contributed by atoms with Crippen LogP contribution in [0, 0.1) is 11.8 Å². The molecule has 1 fully saturated rings. The van der Waals surface area contributed by atoms with E-state index in [2.05, 4.69) is 0 Å². The summed E-state index contributed by atoms with van der Waals surface area (Å²) in [6.07, 6.45) is 3.94. The van der Waals surface area contributed by atoms with Crippen LogP contribution >= 0.6 is 0 Å². The topological polar surface area (TPSA) is 46.5 Å². The summed E-state index contributed by atoms with van der Waals surface area (Å²) in [5, 5.41) is 9.17. The van der Waals surface area contributed by atoms with Crippen molar-refractivity contribution in [3.63, 3.8) is 0 Å². The van der Waals surface area contributed by atoms with Gasteiger partial charge in [-0.25, -0.2) is 0 Å². The Labute approximate surface area is 108 Å². The Bertz CT molecular complexity index is 375. The summed E-state index contributed by atoms with van der Waals surface area (Å²) < 4.78 is 5.68. The fourth-order valence-corrected chi connectivity index (χ4v) is 2.63. The number of benzene rings is 1. The van der Waals surface area contributed by atoms with Gasteiger partial charge >= 0.3 is 5.97 Å². The van der Waals surface area contributed by atoms with Crippen molar-refractivity contribution in [1.29, 1.82) is 0 Å². The number of rotatable bonds is 5. The number of hydrogen-bond donors (Lipinski definition) is 1. The third-order valence-corrected chi connectivity index (χ3v) is 3.67. The van der Waals surface area contributed by atoms with Gasteiger partial charge in [-0.2, -0.15) is 0 Å². The van der Waals surface area contributed by atoms with Crippen molar-refractivity contribution < 1.29 is 14.6 Å². The molecule has 1 aliphatic carbocycles. The van der Waals surface area contributed by atoms with Gasteiger partial charge in [0.05, 0.1) is 19.1 Å². The van der Waals surface area contributed by atoms with Gasteiger partial charge in [0, 0.05) is 0 Å². The molecule has 3 heteroatoms. The molecule has 98 valence electrons. The van der Waals surface area contributed by atoms with Gasteiger partial charge in [-0.3, -0.25) is 4.79 Å². The molecule has 1 aliphatic rings. The largest absolute Gasteiger partial charge is 0.481 e. The normalized spacial score (nSPS) is 23.8. The van der Waals surface area contributed by atoms with Crippen LogP contribution in [-0.4, -0.2) is 17.7 Å². The van der Waals surface area contributed by atoms with Crippen molar-refractivity contribution in [2.75, 3.05) is 6.61 Å². The number of aliphatic carboxylic acids is 1. The second kappa shape index (κ2) is 6.55. The second-order valence-corrected chi connectivity index (χ2v) is 4.99. The predicted molar refractivity (Wildman–Crippen MR) is 69.2 cm³/mol. The molecule has 0 amide bonds. The molecule has 3 nitrogen and oxygen atoms in total. The molecule has 0 radical (unpaired) electrons. The first-order valence-electron chi connectivity index (χ1n) is 6.62. The van der Waals surface area contributed by atoms with Crippen LogP contribution in [0.4, 0.5) is 0 Å². The van der Waals surface area contributed by atoms with Crippen molar-refractivity contribution in [3.05, 3.63) is 35.9 Å². The van der Waals surface area contributed by atoms with Gasteiger partial charge in [-0.15, -0.1) is 0 Å². The van der Waals surface area contributed by atoms with Crippen LogP contribution in [0.25, 0.3) is 0 Å². The Kier molecular flexibility index (Phi) is 4.76. The molecule has 1 saturated carbocycles. The standard InChI is InChI=1S/C15H20O3/c16-15(17)14-9-5-4-8-13(14)11-18-10-12-6-2-1-3-7-12/h1-3,6-7,13-14H,4-5,8-11H2,(H,16,17). The molecule has 0 aromatic heterocycles. The van der Waals surface area contributed by atoms with E-state index in [-0.39, 0.29) is 11.8 Å². The molecule has 18 heavy (non-hydrogen) atoms. The summed E-state index contributed by atoms with van der Waals surface area (Å²) in [6, 6.07) is 9.99. The Morgan fingerprint density at radius 3 is 2.67 bits per heavy atom. The molecule has 2 unspecified atom stereocenters. The lowest BCUT2D eigenvalue weighted by atomic mass is 9.80. The van der Waals surface area contributed by atoms with Gasteiger partial charge < -0.3 is 9.84 Å². The summed E-state index contributed by atoms with van der Waals surface area (Å²) in [4.78, 5) is 11.1. The average molecular weight is 248 g/mol. The predicted octanol–water partition coefficient (Wildman–Crippen LogP) is 3.09. The second-order valence-electron chi connectivity index (χ2n) is 4.99. The highest BCUT2D eigenvalue weighted by Crippen LogP contribution is 2.30. The lowest BCUT2D eigenvalue weighted by Gasteiger charge is -2.28. The van der Waals surface area contributed by atoms with Crippen LogP contribution in [0.3, 0.4) is 0 Å². The van der Waals surface area contributed by atoms with E-state index in [4.69, 9.17) is 9.84 Å². The number of carbonyl (C=O) groups is 1. The van der Waals surface area contributed by atoms with Crippen molar-refractivity contribution in [2.24, 2.45) is 11.8 Å². The third-order valence-electron chi connectivity index (χ3n) is 3.67. The zero-order chi connectivity index (χ0) is 12.8. The molecule has 2 rings (SSSR count). The van der Waals surface area contributed by atoms with Gasteiger partial charge in [-0.1, -0.05) is 43.2 Å². The van der Waals surface area contributed by atoms with Crippen molar-refractivity contribution in [2.45, 2.75) is 32.3 Å². The van der Waals surface area contributed by atoms with E-state index >= 15 is 0 Å². The Hall–Kier alpha value is -1.35. The highest BCUT2D eigenvalue weighted by molar-refractivity contribution is 5.70. The number of carboxylic acid groups (broad SMARTS) is 1. The first kappa shape index (κ1) is 13.1. The summed E-state index contributed by atoms with van der Waals surface area (Å²) in [5.74, 6) is -0.697. The fourth-order valence-electron chi connectivity index (χ4n) is 2.63. The van der Waals surface area contributed by atoms with Crippen molar-refractivity contribution >= 4 is 5.97 Å². The summed E-state index contributed by atoms with van der Waals surface area (Å²) >= 11 is 0. The molecule has 0 heterocycles.